The molecular formula is C19H30N2O3S. The fourth-order valence-corrected chi connectivity index (χ4v) is 4.45. The molecule has 25 heavy (non-hydrogen) atoms. The van der Waals surface area contributed by atoms with Crippen molar-refractivity contribution in [2.24, 2.45) is 11.8 Å². The predicted molar refractivity (Wildman–Crippen MR) is 99.8 cm³/mol. The van der Waals surface area contributed by atoms with Crippen LogP contribution in [0.2, 0.25) is 0 Å². The number of carbonyl (C=O) groups excluding carboxylic acids is 1. The highest BCUT2D eigenvalue weighted by molar-refractivity contribution is 7.89. The van der Waals surface area contributed by atoms with E-state index in [1.807, 2.05) is 26.8 Å². The van der Waals surface area contributed by atoms with Crippen LogP contribution in [-0.4, -0.2) is 37.8 Å². The molecule has 6 heteroatoms. The average molecular weight is 367 g/mol. The van der Waals surface area contributed by atoms with Crippen LogP contribution in [0.15, 0.2) is 23.1 Å². The second kappa shape index (κ2) is 7.87. The Kier molecular flexibility index (Phi) is 6.27. The lowest BCUT2D eigenvalue weighted by molar-refractivity contribution is -0.127. The molecule has 0 bridgehead atoms. The summed E-state index contributed by atoms with van der Waals surface area (Å²) >= 11 is 0. The Bertz CT molecular complexity index is 720. The molecule has 0 saturated carbocycles. The van der Waals surface area contributed by atoms with E-state index < -0.39 is 10.0 Å². The standard InChI is InChI=1S/C19H30N2O3S/c1-13(2)16(5)20-19(22)17-8-10-21(11-9-17)25(23,24)18-7-6-14(3)15(4)12-18/h6-7,12-13,16-17H,8-11H2,1-5H3,(H,20,22). The Hall–Kier alpha value is -1.40. The van der Waals surface area contributed by atoms with E-state index in [-0.39, 0.29) is 17.9 Å². The van der Waals surface area contributed by atoms with Crippen molar-refractivity contribution in [1.82, 2.24) is 9.62 Å². The number of benzene rings is 1. The van der Waals surface area contributed by atoms with Crippen molar-refractivity contribution >= 4 is 15.9 Å². The molecule has 0 spiro atoms. The Balaban J connectivity index is 2.01. The average Bonchev–Trinajstić information content (AvgIpc) is 2.57. The van der Waals surface area contributed by atoms with Gasteiger partial charge in [0, 0.05) is 25.0 Å². The summed E-state index contributed by atoms with van der Waals surface area (Å²) in [6, 6.07) is 5.37. The van der Waals surface area contributed by atoms with Crippen molar-refractivity contribution in [3.8, 4) is 0 Å². The minimum absolute atomic E-state index is 0.0458. The van der Waals surface area contributed by atoms with Crippen molar-refractivity contribution in [1.29, 1.82) is 0 Å². The summed E-state index contributed by atoms with van der Waals surface area (Å²) in [5.74, 6) is 0.325. The van der Waals surface area contributed by atoms with E-state index in [1.54, 1.807) is 12.1 Å². The molecule has 1 aliphatic heterocycles. The topological polar surface area (TPSA) is 66.5 Å². The van der Waals surface area contributed by atoms with E-state index in [0.717, 1.165) is 11.1 Å². The SMILES string of the molecule is Cc1ccc(S(=O)(=O)N2CCC(C(=O)NC(C)C(C)C)CC2)cc1C. The van der Waals surface area contributed by atoms with Gasteiger partial charge in [-0.15, -0.1) is 0 Å². The number of nitrogens with zero attached hydrogens (tertiary/aromatic N) is 1. The molecule has 1 N–H and O–H groups in total. The lowest BCUT2D eigenvalue weighted by Gasteiger charge is -2.31. The first-order valence-corrected chi connectivity index (χ1v) is 10.4. The van der Waals surface area contributed by atoms with Crippen LogP contribution in [0, 0.1) is 25.7 Å². The number of hydrogen-bond acceptors (Lipinski definition) is 3. The molecule has 0 aliphatic carbocycles. The molecule has 140 valence electrons. The van der Waals surface area contributed by atoms with Gasteiger partial charge in [0.05, 0.1) is 4.90 Å². The summed E-state index contributed by atoms with van der Waals surface area (Å²) in [6.07, 6.45) is 1.14. The molecule has 1 aromatic rings. The van der Waals surface area contributed by atoms with Crippen molar-refractivity contribution in [3.63, 3.8) is 0 Å². The van der Waals surface area contributed by atoms with E-state index in [1.165, 1.54) is 4.31 Å². The van der Waals surface area contributed by atoms with Crippen molar-refractivity contribution in [2.75, 3.05) is 13.1 Å². The summed E-state index contributed by atoms with van der Waals surface area (Å²) in [6.45, 7) is 10.8. The Morgan fingerprint density at radius 1 is 1.12 bits per heavy atom. The largest absolute Gasteiger partial charge is 0.353 e. The highest BCUT2D eigenvalue weighted by Gasteiger charge is 2.32. The van der Waals surface area contributed by atoms with E-state index >= 15 is 0 Å². The van der Waals surface area contributed by atoms with Gasteiger partial charge in [-0.1, -0.05) is 19.9 Å². The van der Waals surface area contributed by atoms with Crippen molar-refractivity contribution in [3.05, 3.63) is 29.3 Å². The highest BCUT2D eigenvalue weighted by Crippen LogP contribution is 2.25. The van der Waals surface area contributed by atoms with Gasteiger partial charge in [-0.05, 0) is 62.8 Å². The smallest absolute Gasteiger partial charge is 0.243 e. The molecule has 1 atom stereocenters. The molecule has 0 aromatic heterocycles. The Morgan fingerprint density at radius 3 is 2.24 bits per heavy atom. The van der Waals surface area contributed by atoms with E-state index in [9.17, 15) is 13.2 Å². The van der Waals surface area contributed by atoms with Gasteiger partial charge >= 0.3 is 0 Å². The Labute approximate surface area is 151 Å². The van der Waals surface area contributed by atoms with Crippen LogP contribution in [0.5, 0.6) is 0 Å². The number of sulfonamides is 1. The summed E-state index contributed by atoms with van der Waals surface area (Å²) < 4.78 is 27.1. The molecule has 1 amide bonds. The van der Waals surface area contributed by atoms with Crippen molar-refractivity contribution < 1.29 is 13.2 Å². The van der Waals surface area contributed by atoms with Crippen LogP contribution in [-0.2, 0) is 14.8 Å². The third-order valence-electron chi connectivity index (χ3n) is 5.31. The zero-order chi connectivity index (χ0) is 18.8. The molecule has 1 aromatic carbocycles. The number of nitrogens with one attached hydrogen (secondary N) is 1. The number of aryl methyl sites for hydroxylation is 2. The second-order valence-corrected chi connectivity index (χ2v) is 9.40. The van der Waals surface area contributed by atoms with Crippen LogP contribution in [0.3, 0.4) is 0 Å². The van der Waals surface area contributed by atoms with E-state index in [4.69, 9.17) is 0 Å². The van der Waals surface area contributed by atoms with Gasteiger partial charge in [-0.25, -0.2) is 8.42 Å². The fraction of sp³-hybridized carbons (Fsp3) is 0.632. The maximum Gasteiger partial charge on any atom is 0.243 e. The van der Waals surface area contributed by atoms with E-state index in [0.29, 0.717) is 36.7 Å². The van der Waals surface area contributed by atoms with Crippen molar-refractivity contribution in [2.45, 2.75) is 58.4 Å². The van der Waals surface area contributed by atoms with Gasteiger partial charge in [0.25, 0.3) is 0 Å². The highest BCUT2D eigenvalue weighted by atomic mass is 32.2. The summed E-state index contributed by atoms with van der Waals surface area (Å²) in [5.41, 5.74) is 2.05. The third-order valence-corrected chi connectivity index (χ3v) is 7.21. The molecule has 1 heterocycles. The van der Waals surface area contributed by atoms with E-state index in [2.05, 4.69) is 19.2 Å². The minimum atomic E-state index is -3.49. The van der Waals surface area contributed by atoms with Gasteiger partial charge < -0.3 is 5.32 Å². The van der Waals surface area contributed by atoms with Crippen LogP contribution in [0.4, 0.5) is 0 Å². The van der Waals surface area contributed by atoms with Crippen LogP contribution in [0.25, 0.3) is 0 Å². The van der Waals surface area contributed by atoms with Gasteiger partial charge in [-0.2, -0.15) is 4.31 Å². The first-order valence-electron chi connectivity index (χ1n) is 9.00. The fourth-order valence-electron chi connectivity index (χ4n) is 2.89. The number of piperidine rings is 1. The molecule has 1 unspecified atom stereocenters. The molecule has 1 fully saturated rings. The lowest BCUT2D eigenvalue weighted by atomic mass is 9.96. The van der Waals surface area contributed by atoms with Gasteiger partial charge in [0.1, 0.15) is 0 Å². The van der Waals surface area contributed by atoms with Gasteiger partial charge in [-0.3, -0.25) is 4.79 Å². The normalized spacial score (nSPS) is 18.3. The molecule has 2 rings (SSSR count). The summed E-state index contributed by atoms with van der Waals surface area (Å²) in [4.78, 5) is 12.7. The third kappa shape index (κ3) is 4.61. The zero-order valence-electron chi connectivity index (χ0n) is 15.9. The zero-order valence-corrected chi connectivity index (χ0v) is 16.7. The maximum absolute atomic E-state index is 12.8. The summed E-state index contributed by atoms with van der Waals surface area (Å²) in [5, 5.41) is 3.04. The minimum Gasteiger partial charge on any atom is -0.353 e. The molecule has 5 nitrogen and oxygen atoms in total. The molecule has 0 radical (unpaired) electrons. The Morgan fingerprint density at radius 2 is 1.72 bits per heavy atom. The quantitative estimate of drug-likeness (QED) is 0.871. The molecule has 1 saturated heterocycles. The van der Waals surface area contributed by atoms with Crippen LogP contribution >= 0.6 is 0 Å². The molecule has 1 aliphatic rings. The number of carbonyl (C=O) groups is 1. The predicted octanol–water partition coefficient (Wildman–Crippen LogP) is 2.86. The van der Waals surface area contributed by atoms with Crippen LogP contribution < -0.4 is 5.32 Å². The molecular weight excluding hydrogens is 336 g/mol. The van der Waals surface area contributed by atoms with Gasteiger partial charge in [0.2, 0.25) is 15.9 Å². The van der Waals surface area contributed by atoms with Crippen LogP contribution in [0.1, 0.15) is 44.7 Å². The monoisotopic (exact) mass is 366 g/mol. The maximum atomic E-state index is 12.8. The number of hydrogen-bond donors (Lipinski definition) is 1. The summed E-state index contributed by atoms with van der Waals surface area (Å²) in [7, 11) is -3.49. The second-order valence-electron chi connectivity index (χ2n) is 7.47. The number of rotatable bonds is 5. The lowest BCUT2D eigenvalue weighted by Crippen LogP contribution is -2.45. The number of amides is 1. The first-order chi connectivity index (χ1) is 11.6. The first kappa shape index (κ1) is 19.9. The van der Waals surface area contributed by atoms with Gasteiger partial charge in [0.15, 0.2) is 0 Å².